The summed E-state index contributed by atoms with van der Waals surface area (Å²) >= 11 is 9.99. The Balaban J connectivity index is 1.87. The van der Waals surface area contributed by atoms with E-state index >= 15 is 0 Å². The van der Waals surface area contributed by atoms with E-state index in [4.69, 9.17) is 37.4 Å². The second-order valence-corrected chi connectivity index (χ2v) is 7.98. The molecule has 1 N–H and O–H groups in total. The second kappa shape index (κ2) is 6.59. The van der Waals surface area contributed by atoms with Crippen LogP contribution in [0.2, 0.25) is 0 Å². The van der Waals surface area contributed by atoms with E-state index in [9.17, 15) is 22.7 Å². The van der Waals surface area contributed by atoms with E-state index in [1.807, 2.05) is 0 Å². The minimum atomic E-state index is -4.14. The summed E-state index contributed by atoms with van der Waals surface area (Å²) in [6.07, 6.45) is -2.51. The van der Waals surface area contributed by atoms with Crippen molar-refractivity contribution >= 4 is 34.2 Å². The number of alkyl halides is 6. The van der Waals surface area contributed by atoms with Crippen LogP contribution in [0, 0.1) is 0 Å². The first-order valence-electron chi connectivity index (χ1n) is 8.33. The van der Waals surface area contributed by atoms with E-state index in [-0.39, 0.29) is 5.39 Å². The normalized spacial score (nSPS) is 29.6. The molecule has 0 saturated carbocycles. The molecule has 0 spiro atoms. The van der Waals surface area contributed by atoms with Crippen LogP contribution < -0.4 is 0 Å². The van der Waals surface area contributed by atoms with Crippen LogP contribution in [0.5, 0.6) is 0 Å². The van der Waals surface area contributed by atoms with Gasteiger partial charge in [0.15, 0.2) is 17.7 Å². The quantitative estimate of drug-likeness (QED) is 0.553. The van der Waals surface area contributed by atoms with Gasteiger partial charge in [-0.3, -0.25) is 0 Å². The Labute approximate surface area is 170 Å². The zero-order valence-corrected chi connectivity index (χ0v) is 16.3. The zero-order chi connectivity index (χ0) is 21.4. The Morgan fingerprint density at radius 1 is 1.14 bits per heavy atom. The summed E-state index contributed by atoms with van der Waals surface area (Å²) in [7, 11) is 0. The van der Waals surface area contributed by atoms with E-state index in [2.05, 4.69) is 15.1 Å². The van der Waals surface area contributed by atoms with E-state index in [0.717, 1.165) is 10.9 Å². The van der Waals surface area contributed by atoms with Gasteiger partial charge in [0.25, 0.3) is 0 Å². The Bertz CT molecular complexity index is 949. The summed E-state index contributed by atoms with van der Waals surface area (Å²) in [4.78, 5) is 6.74. The van der Waals surface area contributed by atoms with E-state index in [1.165, 1.54) is 0 Å². The van der Waals surface area contributed by atoms with Crippen molar-refractivity contribution in [1.29, 1.82) is 0 Å². The van der Waals surface area contributed by atoms with Gasteiger partial charge in [0, 0.05) is 0 Å². The van der Waals surface area contributed by atoms with Crippen molar-refractivity contribution in [3.05, 3.63) is 17.7 Å². The van der Waals surface area contributed by atoms with Crippen LogP contribution in [0.1, 0.15) is 31.6 Å². The predicted molar refractivity (Wildman–Crippen MR) is 89.6 cm³/mol. The number of halogens is 6. The maximum atomic E-state index is 13.8. The molecule has 0 bridgehead atoms. The Kier molecular flexibility index (Phi) is 4.76. The Morgan fingerprint density at radius 3 is 2.38 bits per heavy atom. The Hall–Kier alpha value is -1.31. The molecule has 2 saturated heterocycles. The summed E-state index contributed by atoms with van der Waals surface area (Å²) < 4.78 is 73.0. The first kappa shape index (κ1) is 20.9. The third-order valence-electron chi connectivity index (χ3n) is 4.52. The standard InChI is InChI=1S/C15H14Cl2F4N4O4/c1-13(2)28-7-6(4-26)27-11(8(7)29-13)25-10-5(3-22-25)9(14(16,18)19)23-12(24-10)15(17,20)21/h3,6-8,11,26H,4H2,1-2H3. The average molecular weight is 461 g/mol. The lowest BCUT2D eigenvalue weighted by atomic mass is 10.1. The lowest BCUT2D eigenvalue weighted by Crippen LogP contribution is -2.31. The third kappa shape index (κ3) is 3.55. The van der Waals surface area contributed by atoms with Gasteiger partial charge in [-0.2, -0.15) is 22.7 Å². The third-order valence-corrected chi connectivity index (χ3v) is 4.87. The van der Waals surface area contributed by atoms with Gasteiger partial charge in [-0.25, -0.2) is 14.6 Å². The van der Waals surface area contributed by atoms with E-state index < -0.39 is 64.9 Å². The average Bonchev–Trinajstić information content (AvgIpc) is 3.22. The molecular weight excluding hydrogens is 447 g/mol. The molecule has 2 aliphatic heterocycles. The van der Waals surface area contributed by atoms with Gasteiger partial charge in [0.1, 0.15) is 24.0 Å². The molecule has 8 nitrogen and oxygen atoms in total. The van der Waals surface area contributed by atoms with Crippen LogP contribution in [0.3, 0.4) is 0 Å². The molecule has 29 heavy (non-hydrogen) atoms. The largest absolute Gasteiger partial charge is 0.394 e. The number of fused-ring (bicyclic) bond motifs is 2. The fourth-order valence-corrected chi connectivity index (χ4v) is 3.69. The minimum Gasteiger partial charge on any atom is -0.394 e. The molecule has 4 unspecified atom stereocenters. The zero-order valence-electron chi connectivity index (χ0n) is 14.8. The number of aliphatic hydroxyl groups is 1. The van der Waals surface area contributed by atoms with Gasteiger partial charge >= 0.3 is 10.8 Å². The molecule has 0 amide bonds. The number of aromatic nitrogens is 4. The fourth-order valence-electron chi connectivity index (χ4n) is 3.46. The summed E-state index contributed by atoms with van der Waals surface area (Å²) in [5.74, 6) is -2.40. The molecule has 0 radical (unpaired) electrons. The van der Waals surface area contributed by atoms with Crippen LogP contribution in [-0.2, 0) is 25.0 Å². The second-order valence-electron chi connectivity index (χ2n) is 7.03. The fraction of sp³-hybridized carbons (Fsp3) is 0.667. The first-order valence-corrected chi connectivity index (χ1v) is 9.09. The molecule has 4 rings (SSSR count). The van der Waals surface area contributed by atoms with Crippen molar-refractivity contribution in [1.82, 2.24) is 19.7 Å². The lowest BCUT2D eigenvalue weighted by Gasteiger charge is -2.24. The van der Waals surface area contributed by atoms with Gasteiger partial charge in [-0.05, 0) is 37.0 Å². The monoisotopic (exact) mass is 460 g/mol. The number of hydrogen-bond donors (Lipinski definition) is 1. The summed E-state index contributed by atoms with van der Waals surface area (Å²) in [6, 6.07) is 0. The van der Waals surface area contributed by atoms with E-state index in [1.54, 1.807) is 13.8 Å². The van der Waals surface area contributed by atoms with Crippen molar-refractivity contribution in [3.63, 3.8) is 0 Å². The van der Waals surface area contributed by atoms with Crippen molar-refractivity contribution < 1.29 is 36.9 Å². The van der Waals surface area contributed by atoms with Crippen LogP contribution in [-0.4, -0.2) is 55.6 Å². The molecule has 2 fully saturated rings. The smallest absolute Gasteiger partial charge is 0.381 e. The number of nitrogens with zero attached hydrogens (tertiary/aromatic N) is 4. The van der Waals surface area contributed by atoms with Crippen molar-refractivity contribution in [2.24, 2.45) is 0 Å². The van der Waals surface area contributed by atoms with Gasteiger partial charge in [0.05, 0.1) is 18.2 Å². The van der Waals surface area contributed by atoms with Gasteiger partial charge in [-0.15, -0.1) is 0 Å². The van der Waals surface area contributed by atoms with Crippen LogP contribution in [0.15, 0.2) is 6.20 Å². The summed E-state index contributed by atoms with van der Waals surface area (Å²) in [5, 5.41) is 4.91. The molecule has 4 atom stereocenters. The predicted octanol–water partition coefficient (Wildman–Crippen LogP) is 2.81. The van der Waals surface area contributed by atoms with Crippen molar-refractivity contribution in [2.45, 2.75) is 54.9 Å². The summed E-state index contributed by atoms with van der Waals surface area (Å²) in [6.45, 7) is 2.85. The maximum absolute atomic E-state index is 13.8. The van der Waals surface area contributed by atoms with Gasteiger partial charge in [-0.1, -0.05) is 0 Å². The van der Waals surface area contributed by atoms with Crippen molar-refractivity contribution in [2.75, 3.05) is 6.61 Å². The highest BCUT2D eigenvalue weighted by Gasteiger charge is 2.56. The van der Waals surface area contributed by atoms with E-state index in [0.29, 0.717) is 0 Å². The topological polar surface area (TPSA) is 91.5 Å². The molecule has 2 aromatic rings. The first-order chi connectivity index (χ1) is 13.3. The minimum absolute atomic E-state index is 0.375. The van der Waals surface area contributed by atoms with Gasteiger partial charge in [0.2, 0.25) is 5.82 Å². The molecule has 160 valence electrons. The molecule has 2 aromatic heterocycles. The van der Waals surface area contributed by atoms with Crippen LogP contribution in [0.25, 0.3) is 11.0 Å². The lowest BCUT2D eigenvalue weighted by molar-refractivity contribution is -0.201. The Morgan fingerprint density at radius 2 is 1.79 bits per heavy atom. The molecule has 14 heteroatoms. The molecule has 4 heterocycles. The van der Waals surface area contributed by atoms with Gasteiger partial charge < -0.3 is 19.3 Å². The molecule has 0 aromatic carbocycles. The number of aliphatic hydroxyl groups excluding tert-OH is 1. The molecule has 0 aliphatic carbocycles. The summed E-state index contributed by atoms with van der Waals surface area (Å²) in [5.41, 5.74) is -1.59. The highest BCUT2D eigenvalue weighted by Crippen LogP contribution is 2.44. The maximum Gasteiger partial charge on any atom is 0.381 e. The van der Waals surface area contributed by atoms with Crippen molar-refractivity contribution in [3.8, 4) is 0 Å². The number of rotatable bonds is 4. The molecule has 2 aliphatic rings. The SMILES string of the molecule is CC1(C)OC2C(CO)OC(n3ncc4c(C(F)(F)Cl)nc(C(F)(F)Cl)nc43)C2O1. The highest BCUT2D eigenvalue weighted by molar-refractivity contribution is 6.22. The van der Waals surface area contributed by atoms with Crippen LogP contribution >= 0.6 is 23.2 Å². The highest BCUT2D eigenvalue weighted by atomic mass is 35.5. The molecular formula is C15H14Cl2F4N4O4. The van der Waals surface area contributed by atoms with Crippen LogP contribution in [0.4, 0.5) is 17.6 Å². The number of ether oxygens (including phenoxy) is 3. The number of hydrogen-bond acceptors (Lipinski definition) is 7.